The van der Waals surface area contributed by atoms with Crippen molar-refractivity contribution >= 4 is 51.7 Å². The number of anilines is 1. The van der Waals surface area contributed by atoms with Crippen molar-refractivity contribution in [3.8, 4) is 22.9 Å². The molecule has 0 unspecified atom stereocenters. The second-order valence-corrected chi connectivity index (χ2v) is 11.9. The van der Waals surface area contributed by atoms with Crippen LogP contribution < -0.4 is 20.1 Å². The minimum Gasteiger partial charge on any atom is -0.493 e. The Labute approximate surface area is 283 Å². The third-order valence-corrected chi connectivity index (χ3v) is 7.98. The Morgan fingerprint density at radius 2 is 1.45 bits per heavy atom. The van der Waals surface area contributed by atoms with Gasteiger partial charge in [0.1, 0.15) is 22.7 Å². The van der Waals surface area contributed by atoms with Gasteiger partial charge < -0.3 is 20.0 Å². The van der Waals surface area contributed by atoms with E-state index < -0.39 is 11.8 Å². The third kappa shape index (κ3) is 8.22. The molecule has 1 heterocycles. The zero-order chi connectivity index (χ0) is 33.3. The van der Waals surface area contributed by atoms with E-state index in [0.29, 0.717) is 51.5 Å². The quantitative estimate of drug-likeness (QED) is 0.0732. The summed E-state index contributed by atoms with van der Waals surface area (Å²) in [6.07, 6.45) is 5.71. The molecule has 0 radical (unpaired) electrons. The number of hydrogen-bond acceptors (Lipinski definition) is 6. The van der Waals surface area contributed by atoms with E-state index in [4.69, 9.17) is 32.7 Å². The number of hydrogen-bond donors (Lipinski definition) is 2. The number of halogens is 2. The molecule has 1 aliphatic heterocycles. The highest BCUT2D eigenvalue weighted by Crippen LogP contribution is 2.28. The number of carbonyl (C=O) groups excluding carboxylic acids is 2. The number of rotatable bonds is 13. The second-order valence-electron chi connectivity index (χ2n) is 11.0. The van der Waals surface area contributed by atoms with Crippen LogP contribution in [0, 0.1) is 0 Å². The van der Waals surface area contributed by atoms with Crippen LogP contribution in [-0.2, 0) is 0 Å². The molecule has 244 valence electrons. The molecule has 3 aromatic rings. The van der Waals surface area contributed by atoms with Crippen LogP contribution in [-0.4, -0.2) is 39.9 Å². The Morgan fingerprint density at radius 1 is 0.830 bits per heavy atom. The molecule has 47 heavy (non-hydrogen) atoms. The summed E-state index contributed by atoms with van der Waals surface area (Å²) in [5.74, 6) is -0.450. The average molecular weight is 676 g/mol. The monoisotopic (exact) mass is 674 g/mol. The lowest BCUT2D eigenvalue weighted by Crippen LogP contribution is -2.22. The van der Waals surface area contributed by atoms with Gasteiger partial charge in [-0.05, 0) is 73.5 Å². The number of unbranched alkanes of at least 4 members (excludes halogenated alkanes) is 4. The Morgan fingerprint density at radius 3 is 2.11 bits per heavy atom. The molecule has 2 aliphatic rings. The molecule has 9 nitrogen and oxygen atoms in total. The lowest BCUT2D eigenvalue weighted by molar-refractivity contribution is 0.0990. The molecule has 0 atom stereocenters. The van der Waals surface area contributed by atoms with E-state index >= 15 is 0 Å². The average Bonchev–Trinajstić information content (AvgIpc) is 3.06. The van der Waals surface area contributed by atoms with Crippen molar-refractivity contribution in [1.82, 2.24) is 9.71 Å². The van der Waals surface area contributed by atoms with Gasteiger partial charge in [-0.25, -0.2) is 9.98 Å². The van der Waals surface area contributed by atoms with Crippen molar-refractivity contribution in [3.63, 3.8) is 0 Å². The summed E-state index contributed by atoms with van der Waals surface area (Å²) in [6.45, 7) is 5.07. The summed E-state index contributed by atoms with van der Waals surface area (Å²) in [6, 6.07) is 19.7. The molecular weight excluding hydrogens is 639 g/mol. The zero-order valence-corrected chi connectivity index (χ0v) is 27.8. The lowest BCUT2D eigenvalue weighted by Gasteiger charge is -2.16. The van der Waals surface area contributed by atoms with E-state index in [1.807, 2.05) is 0 Å². The summed E-state index contributed by atoms with van der Waals surface area (Å²) in [7, 11) is 0. The van der Waals surface area contributed by atoms with Crippen LogP contribution >= 0.6 is 23.2 Å². The molecule has 3 aromatic carbocycles. The molecule has 5 rings (SSSR count). The van der Waals surface area contributed by atoms with Gasteiger partial charge in [0.15, 0.2) is 0 Å². The van der Waals surface area contributed by atoms with E-state index in [2.05, 4.69) is 29.1 Å². The maximum atomic E-state index is 13.8. The fourth-order valence-electron chi connectivity index (χ4n) is 5.04. The molecule has 0 fully saturated rings. The van der Waals surface area contributed by atoms with Gasteiger partial charge in [0, 0.05) is 10.0 Å². The van der Waals surface area contributed by atoms with Crippen LogP contribution in [0.5, 0.6) is 11.5 Å². The maximum Gasteiger partial charge on any atom is 0.281 e. The van der Waals surface area contributed by atoms with Gasteiger partial charge in [0.05, 0.1) is 46.6 Å². The largest absolute Gasteiger partial charge is 0.493 e. The van der Waals surface area contributed by atoms with E-state index in [1.165, 1.54) is 18.2 Å². The van der Waals surface area contributed by atoms with Crippen molar-refractivity contribution in [2.75, 3.05) is 18.5 Å². The Balaban J connectivity index is 1.60. The number of amides is 2. The van der Waals surface area contributed by atoms with Gasteiger partial charge in [-0.1, -0.05) is 74.9 Å². The minimum atomic E-state index is -0.645. The zero-order valence-electron chi connectivity index (χ0n) is 26.3. The summed E-state index contributed by atoms with van der Waals surface area (Å²) in [5, 5.41) is 14.8. The number of ether oxygens (including phenoxy) is 2. The van der Waals surface area contributed by atoms with E-state index in [-0.39, 0.29) is 27.9 Å². The summed E-state index contributed by atoms with van der Waals surface area (Å²) >= 11 is 12.6. The van der Waals surface area contributed by atoms with E-state index in [0.717, 1.165) is 43.3 Å². The first kappa shape index (κ1) is 33.8. The number of nitrogens with zero attached hydrogens (tertiary/aromatic N) is 3. The number of aromatic nitrogens is 2. The highest BCUT2D eigenvalue weighted by molar-refractivity contribution is 6.31. The first-order valence-corrected chi connectivity index (χ1v) is 16.4. The molecule has 0 saturated carbocycles. The van der Waals surface area contributed by atoms with Crippen molar-refractivity contribution in [1.29, 1.82) is 0 Å². The maximum absolute atomic E-state index is 13.8. The van der Waals surface area contributed by atoms with Gasteiger partial charge in [-0.3, -0.25) is 9.59 Å². The Bertz CT molecular complexity index is 1940. The number of para-hydroxylation sites is 2. The van der Waals surface area contributed by atoms with Crippen LogP contribution in [0.25, 0.3) is 22.4 Å². The Kier molecular flexibility index (Phi) is 11.3. The fraction of sp³-hybridized carbons (Fsp3) is 0.278. The van der Waals surface area contributed by atoms with Gasteiger partial charge in [0.2, 0.25) is 0 Å². The van der Waals surface area contributed by atoms with Gasteiger partial charge >= 0.3 is 0 Å². The fourth-order valence-corrected chi connectivity index (χ4v) is 5.39. The van der Waals surface area contributed by atoms with Crippen LogP contribution in [0.15, 0.2) is 77.8 Å². The smallest absolute Gasteiger partial charge is 0.281 e. The number of benzene rings is 4. The molecule has 0 saturated heterocycles. The predicted octanol–water partition coefficient (Wildman–Crippen LogP) is 8.82. The molecule has 1 aliphatic carbocycles. The van der Waals surface area contributed by atoms with Crippen LogP contribution in [0.3, 0.4) is 0 Å². The van der Waals surface area contributed by atoms with E-state index in [1.54, 1.807) is 54.6 Å². The van der Waals surface area contributed by atoms with Gasteiger partial charge in [0.25, 0.3) is 11.8 Å². The second kappa shape index (κ2) is 15.8. The normalized spacial score (nSPS) is 11.6. The van der Waals surface area contributed by atoms with Crippen molar-refractivity contribution in [2.45, 2.75) is 52.4 Å². The van der Waals surface area contributed by atoms with E-state index in [9.17, 15) is 14.8 Å². The molecule has 2 N–H and O–H groups in total. The lowest BCUT2D eigenvalue weighted by atomic mass is 10.1. The number of carbonyl (C=O) groups is 2. The number of nitrogens with one attached hydrogen (secondary N) is 1. The predicted molar refractivity (Wildman–Crippen MR) is 184 cm³/mol. The summed E-state index contributed by atoms with van der Waals surface area (Å²) in [4.78, 5) is 36.6. The highest BCUT2D eigenvalue weighted by Gasteiger charge is 2.20. The molecule has 0 bridgehead atoms. The van der Waals surface area contributed by atoms with Crippen LogP contribution in [0.2, 0.25) is 10.0 Å². The van der Waals surface area contributed by atoms with Crippen molar-refractivity contribution < 1.29 is 24.3 Å². The van der Waals surface area contributed by atoms with Gasteiger partial charge in [-0.2, -0.15) is 4.73 Å². The third-order valence-electron chi connectivity index (χ3n) is 7.51. The minimum absolute atomic E-state index is 0.0834. The molecule has 0 aromatic heterocycles. The first-order valence-electron chi connectivity index (χ1n) is 15.7. The van der Waals surface area contributed by atoms with Gasteiger partial charge in [-0.15, -0.1) is 0 Å². The van der Waals surface area contributed by atoms with Crippen molar-refractivity contribution in [3.05, 3.63) is 99.3 Å². The molecule has 11 heteroatoms. The topological polar surface area (TPSA) is 115 Å². The van der Waals surface area contributed by atoms with Crippen LogP contribution in [0.4, 0.5) is 5.69 Å². The van der Waals surface area contributed by atoms with Crippen LogP contribution in [0.1, 0.15) is 73.1 Å². The highest BCUT2D eigenvalue weighted by atomic mass is 35.5. The first-order chi connectivity index (χ1) is 22.8. The van der Waals surface area contributed by atoms with Crippen molar-refractivity contribution in [2.24, 2.45) is 4.99 Å². The Hall–Kier alpha value is -4.60. The summed E-state index contributed by atoms with van der Waals surface area (Å²) in [5.41, 5.74) is 2.18. The standard InChI is InChI=1S/C36H36Cl2N4O5/c1-3-5-9-17-46-33-15-13-23(37)19-25(33)35(43)40-28-21-30-32(42(45)31-12-8-7-11-27(31)39-30)22-29(28)41-36(44)26-20-24(38)14-16-34(26)47-18-10-6-4-2/h7-8,11-16,19-22,45H,3-6,9-10,17-18H2,1-2H3,(H,40,43). The molecular formula is C36H36Cl2N4O5. The molecule has 2 amide bonds. The number of fused-ring (bicyclic) bond motifs is 2. The summed E-state index contributed by atoms with van der Waals surface area (Å²) < 4.78 is 12.8. The SMILES string of the molecule is CCCCCOc1ccc(Cl)cc1C(=O)N=c1cc2n(O)c3ccccc3nc-2cc1NC(=O)c1cc(Cl)ccc1OCCCCC. The molecule has 0 spiro atoms.